The van der Waals surface area contributed by atoms with Crippen LogP contribution in [0.3, 0.4) is 0 Å². The summed E-state index contributed by atoms with van der Waals surface area (Å²) in [6, 6.07) is 8.88. The molecule has 318 valence electrons. The molecule has 1 amide bonds. The number of rotatable bonds is 13. The fourth-order valence-electron chi connectivity index (χ4n) is 8.20. The number of aliphatic hydroxyl groups is 1. The van der Waals surface area contributed by atoms with Gasteiger partial charge in [0.1, 0.15) is 41.2 Å². The number of alkyl halides is 4. The number of hydrogen-bond acceptors (Lipinski definition) is 9. The SMILES string of the molecule is CNc1c(-n2c(C(Cc3cc(F)cc(F)c3)NC(=O)Cn3nc(C(F)F)c4c3C(F)(F)C(C)C4)nc3cc(N4CCCC4CO)ccc3c2=O)ccc(Cl)c1C(=N)NSC. The summed E-state index contributed by atoms with van der Waals surface area (Å²) >= 11 is 7.74. The Bertz CT molecular complexity index is 2530. The second kappa shape index (κ2) is 17.0. The van der Waals surface area contributed by atoms with Crippen LogP contribution in [0, 0.1) is 23.0 Å². The number of carbonyl (C=O) groups is 1. The number of anilines is 2. The molecule has 60 heavy (non-hydrogen) atoms. The number of amides is 1. The molecule has 3 heterocycles. The molecular weight excluding hydrogens is 836 g/mol. The van der Waals surface area contributed by atoms with Gasteiger partial charge in [0.05, 0.1) is 51.6 Å². The molecule has 0 spiro atoms. The maximum absolute atomic E-state index is 15.5. The van der Waals surface area contributed by atoms with E-state index in [0.717, 1.165) is 41.5 Å². The van der Waals surface area contributed by atoms with Crippen LogP contribution in [-0.2, 0) is 30.1 Å². The first kappa shape index (κ1) is 42.8. The van der Waals surface area contributed by atoms with Gasteiger partial charge in [0, 0.05) is 49.5 Å². The van der Waals surface area contributed by atoms with Crippen molar-refractivity contribution in [2.75, 3.05) is 36.7 Å². The van der Waals surface area contributed by atoms with Gasteiger partial charge in [-0.2, -0.15) is 13.9 Å². The highest BCUT2D eigenvalue weighted by atomic mass is 35.5. The molecule has 7 rings (SSSR count). The third kappa shape index (κ3) is 7.89. The zero-order valence-electron chi connectivity index (χ0n) is 32.4. The van der Waals surface area contributed by atoms with Crippen LogP contribution in [0.25, 0.3) is 16.6 Å². The summed E-state index contributed by atoms with van der Waals surface area (Å²) in [6.45, 7) is 0.737. The minimum Gasteiger partial charge on any atom is -0.394 e. The molecule has 5 aromatic rings. The number of aliphatic hydroxyl groups excluding tert-OH is 1. The normalized spacial score (nSPS) is 17.6. The molecule has 0 saturated carbocycles. The first-order valence-corrected chi connectivity index (χ1v) is 20.5. The Kier molecular flexibility index (Phi) is 12.1. The molecule has 1 saturated heterocycles. The van der Waals surface area contributed by atoms with Crippen molar-refractivity contribution < 1.29 is 36.2 Å². The molecule has 3 atom stereocenters. The number of aromatic nitrogens is 4. The van der Waals surface area contributed by atoms with Gasteiger partial charge in [-0.25, -0.2) is 22.5 Å². The van der Waals surface area contributed by atoms with E-state index in [1.165, 1.54) is 26.1 Å². The second-order valence-electron chi connectivity index (χ2n) is 14.7. The minimum atomic E-state index is -3.59. The number of benzene rings is 3. The number of halogens is 7. The molecule has 1 fully saturated rings. The lowest BCUT2D eigenvalue weighted by atomic mass is 10.0. The maximum Gasteiger partial charge on any atom is 0.292 e. The lowest BCUT2D eigenvalue weighted by Gasteiger charge is -2.27. The van der Waals surface area contributed by atoms with Crippen molar-refractivity contribution in [3.05, 3.63) is 109 Å². The Morgan fingerprint density at radius 3 is 2.53 bits per heavy atom. The highest BCUT2D eigenvalue weighted by molar-refractivity contribution is 7.97. The molecule has 1 aliphatic carbocycles. The van der Waals surface area contributed by atoms with Crippen LogP contribution < -0.4 is 25.8 Å². The predicted molar refractivity (Wildman–Crippen MR) is 218 cm³/mol. The Morgan fingerprint density at radius 2 is 1.87 bits per heavy atom. The van der Waals surface area contributed by atoms with Crippen LogP contribution in [0.4, 0.5) is 37.7 Å². The molecule has 12 nitrogen and oxygen atoms in total. The van der Waals surface area contributed by atoms with Crippen LogP contribution in [0.15, 0.2) is 53.3 Å². The molecule has 0 radical (unpaired) electrons. The van der Waals surface area contributed by atoms with Gasteiger partial charge in [0.2, 0.25) is 5.91 Å². The first-order chi connectivity index (χ1) is 28.6. The van der Waals surface area contributed by atoms with E-state index in [1.807, 2.05) is 4.90 Å². The van der Waals surface area contributed by atoms with Crippen LogP contribution in [0.1, 0.15) is 66.1 Å². The molecule has 1 aliphatic heterocycles. The van der Waals surface area contributed by atoms with Crippen molar-refractivity contribution in [1.82, 2.24) is 29.4 Å². The maximum atomic E-state index is 15.5. The lowest BCUT2D eigenvalue weighted by Crippen LogP contribution is -2.38. The van der Waals surface area contributed by atoms with Crippen molar-refractivity contribution in [1.29, 1.82) is 5.41 Å². The Balaban J connectivity index is 1.44. The zero-order valence-corrected chi connectivity index (χ0v) is 34.0. The van der Waals surface area contributed by atoms with Gasteiger partial charge in [0.15, 0.2) is 0 Å². The van der Waals surface area contributed by atoms with Gasteiger partial charge in [-0.1, -0.05) is 30.5 Å². The van der Waals surface area contributed by atoms with Crippen molar-refractivity contribution in [2.45, 2.75) is 63.6 Å². The van der Waals surface area contributed by atoms with Crippen LogP contribution in [0.5, 0.6) is 0 Å². The number of carbonyl (C=O) groups excluding carboxylic acids is 1. The standard InChI is InChI=1S/C40H40ClF6N9O3S/c1-19-11-26-33(36(44)45)52-55(35(26)40(19,46)47)17-31(58)50-29(14-20-12-21(42)15-22(43)13-20)38-51-28-16-23(54-10-4-5-24(54)18-57)6-7-25(28)39(59)56(38)30-9-8-27(41)32(34(30)49-2)37(48)53-60-3/h6-9,12-13,15-16,19,24,29,36,49,57H,4-5,10-11,14,17-18H2,1-3H3,(H2,48,53)(H,50,58). The van der Waals surface area contributed by atoms with Crippen LogP contribution in [0.2, 0.25) is 5.02 Å². The van der Waals surface area contributed by atoms with Crippen LogP contribution in [-0.4, -0.2) is 68.7 Å². The summed E-state index contributed by atoms with van der Waals surface area (Å²) in [5.74, 6) is -8.17. The van der Waals surface area contributed by atoms with Gasteiger partial charge in [0.25, 0.3) is 17.9 Å². The number of hydrogen-bond donors (Lipinski definition) is 5. The molecule has 5 N–H and O–H groups in total. The van der Waals surface area contributed by atoms with Gasteiger partial charge < -0.3 is 25.4 Å². The van der Waals surface area contributed by atoms with Gasteiger partial charge in [-0.05, 0) is 67.3 Å². The van der Waals surface area contributed by atoms with E-state index in [4.69, 9.17) is 22.0 Å². The number of amidine groups is 1. The summed E-state index contributed by atoms with van der Waals surface area (Å²) in [4.78, 5) is 35.9. The summed E-state index contributed by atoms with van der Waals surface area (Å²) in [5.41, 5.74) is -1.44. The molecule has 3 unspecified atom stereocenters. The summed E-state index contributed by atoms with van der Waals surface area (Å²) < 4.78 is 93.0. The quantitative estimate of drug-likeness (QED) is 0.0363. The molecule has 20 heteroatoms. The average molecular weight is 876 g/mol. The van der Waals surface area contributed by atoms with Gasteiger partial charge in [-0.3, -0.25) is 24.2 Å². The molecule has 2 aliphatic rings. The lowest BCUT2D eigenvalue weighted by molar-refractivity contribution is -0.123. The Morgan fingerprint density at radius 1 is 1.13 bits per heavy atom. The smallest absolute Gasteiger partial charge is 0.292 e. The number of nitrogens with zero attached hydrogens (tertiary/aromatic N) is 5. The number of nitrogens with one attached hydrogen (secondary N) is 4. The van der Waals surface area contributed by atoms with Crippen LogP contribution >= 0.6 is 23.5 Å². The van der Waals surface area contributed by atoms with E-state index in [1.54, 1.807) is 24.5 Å². The summed E-state index contributed by atoms with van der Waals surface area (Å²) in [5, 5.41) is 28.4. The highest BCUT2D eigenvalue weighted by Gasteiger charge is 2.51. The van der Waals surface area contributed by atoms with E-state index in [0.29, 0.717) is 23.0 Å². The van der Waals surface area contributed by atoms with E-state index >= 15 is 8.78 Å². The van der Waals surface area contributed by atoms with E-state index in [-0.39, 0.29) is 74.7 Å². The van der Waals surface area contributed by atoms with E-state index in [2.05, 4.69) is 20.5 Å². The van der Waals surface area contributed by atoms with E-state index in [9.17, 15) is 32.3 Å². The predicted octanol–water partition coefficient (Wildman–Crippen LogP) is 7.03. The third-order valence-electron chi connectivity index (χ3n) is 10.9. The largest absolute Gasteiger partial charge is 0.394 e. The van der Waals surface area contributed by atoms with Crippen molar-refractivity contribution in [3.8, 4) is 5.69 Å². The molecule has 3 aromatic carbocycles. The molecular formula is C40H40ClF6N9O3S. The summed E-state index contributed by atoms with van der Waals surface area (Å²) in [7, 11) is 1.53. The van der Waals surface area contributed by atoms with Crippen molar-refractivity contribution in [2.24, 2.45) is 5.92 Å². The Hall–Kier alpha value is -5.27. The third-order valence-corrected chi connectivity index (χ3v) is 11.6. The fourth-order valence-corrected chi connectivity index (χ4v) is 8.76. The average Bonchev–Trinajstić information content (AvgIpc) is 3.88. The van der Waals surface area contributed by atoms with Crippen molar-refractivity contribution >= 4 is 57.6 Å². The van der Waals surface area contributed by atoms with E-state index < -0.39 is 71.8 Å². The zero-order chi connectivity index (χ0) is 43.2. The topological polar surface area (TPSA) is 153 Å². The summed E-state index contributed by atoms with van der Waals surface area (Å²) in [6.07, 6.45) is -0.782. The molecule has 2 aromatic heterocycles. The fraction of sp³-hybridized carbons (Fsp3) is 0.375. The first-order valence-electron chi connectivity index (χ1n) is 18.9. The number of fused-ring (bicyclic) bond motifs is 2. The second-order valence-corrected chi connectivity index (χ2v) is 15.8. The minimum absolute atomic E-state index is 0.00668. The van der Waals surface area contributed by atoms with Gasteiger partial charge >= 0.3 is 0 Å². The van der Waals surface area contributed by atoms with Gasteiger partial charge in [-0.15, -0.1) is 0 Å². The highest BCUT2D eigenvalue weighted by Crippen LogP contribution is 2.48. The Labute approximate surface area is 349 Å². The molecule has 0 bridgehead atoms. The monoisotopic (exact) mass is 875 g/mol. The van der Waals surface area contributed by atoms with Crippen molar-refractivity contribution in [3.63, 3.8) is 0 Å².